The van der Waals surface area contributed by atoms with E-state index >= 15 is 0 Å². The summed E-state index contributed by atoms with van der Waals surface area (Å²) in [6, 6.07) is 4.68. The Balaban J connectivity index is 2.74. The molecule has 0 saturated heterocycles. The first-order valence-corrected chi connectivity index (χ1v) is 6.54. The van der Waals surface area contributed by atoms with Crippen LogP contribution in [-0.4, -0.2) is 42.0 Å². The van der Waals surface area contributed by atoms with Gasteiger partial charge in [0.05, 0.1) is 10.1 Å². The molecule has 0 unspecified atom stereocenters. The van der Waals surface area contributed by atoms with Crippen LogP contribution in [0.25, 0.3) is 0 Å². The molecule has 2 N–H and O–H groups in total. The Morgan fingerprint density at radius 3 is 2.67 bits per heavy atom. The van der Waals surface area contributed by atoms with E-state index in [1.54, 1.807) is 19.2 Å². The van der Waals surface area contributed by atoms with Crippen molar-refractivity contribution >= 4 is 34.4 Å². The van der Waals surface area contributed by atoms with E-state index < -0.39 is 0 Å². The molecular formula is C12H15IN2O3. The molecule has 0 aromatic heterocycles. The molecular weight excluding hydrogens is 347 g/mol. The second kappa shape index (κ2) is 6.58. The molecule has 0 aliphatic heterocycles. The van der Waals surface area contributed by atoms with Crippen LogP contribution >= 0.6 is 22.6 Å². The molecule has 1 rings (SSSR count). The first kappa shape index (κ1) is 14.7. The van der Waals surface area contributed by atoms with E-state index in [4.69, 9.17) is 0 Å². The number of phenolic OH excluding ortho intramolecular Hbond substituents is 1. The number of aromatic hydroxyl groups is 1. The van der Waals surface area contributed by atoms with Gasteiger partial charge in [-0.05, 0) is 47.7 Å². The van der Waals surface area contributed by atoms with Crippen molar-refractivity contribution in [3.63, 3.8) is 0 Å². The number of hydrogen-bond donors (Lipinski definition) is 2. The molecule has 0 fully saturated rings. The van der Waals surface area contributed by atoms with Gasteiger partial charge in [0, 0.05) is 19.2 Å². The van der Waals surface area contributed by atoms with Gasteiger partial charge in [-0.1, -0.05) is 0 Å². The molecule has 1 aromatic carbocycles. The zero-order chi connectivity index (χ0) is 13.7. The lowest BCUT2D eigenvalue weighted by Crippen LogP contribution is -2.38. The van der Waals surface area contributed by atoms with Gasteiger partial charge in [0.25, 0.3) is 5.91 Å². The molecule has 0 heterocycles. The van der Waals surface area contributed by atoms with Crippen molar-refractivity contribution in [1.29, 1.82) is 0 Å². The van der Waals surface area contributed by atoms with Crippen molar-refractivity contribution in [3.05, 3.63) is 27.3 Å². The maximum absolute atomic E-state index is 12.0. The molecule has 5 nitrogen and oxygen atoms in total. The molecule has 0 saturated carbocycles. The van der Waals surface area contributed by atoms with Crippen molar-refractivity contribution in [1.82, 2.24) is 10.2 Å². The summed E-state index contributed by atoms with van der Waals surface area (Å²) in [5.41, 5.74) is 0.361. The second-order valence-electron chi connectivity index (χ2n) is 3.78. The Morgan fingerprint density at radius 2 is 2.11 bits per heavy atom. The SMILES string of the molecule is CCNC(=O)CN(C)C(=O)c1ccc(I)c(O)c1. The molecule has 0 bridgehead atoms. The van der Waals surface area contributed by atoms with Gasteiger partial charge in [-0.3, -0.25) is 9.59 Å². The third-order valence-corrected chi connectivity index (χ3v) is 3.21. The van der Waals surface area contributed by atoms with Crippen molar-refractivity contribution in [2.24, 2.45) is 0 Å². The predicted molar refractivity (Wildman–Crippen MR) is 76.5 cm³/mol. The minimum absolute atomic E-state index is 0.000574. The van der Waals surface area contributed by atoms with E-state index in [0.29, 0.717) is 15.7 Å². The zero-order valence-electron chi connectivity index (χ0n) is 10.2. The van der Waals surface area contributed by atoms with Crippen LogP contribution < -0.4 is 5.32 Å². The fourth-order valence-electron chi connectivity index (χ4n) is 1.41. The maximum atomic E-state index is 12.0. The number of benzene rings is 1. The molecule has 0 aliphatic rings. The second-order valence-corrected chi connectivity index (χ2v) is 4.94. The standard InChI is InChI=1S/C12H15IN2O3/c1-3-14-11(17)7-15(2)12(18)8-4-5-9(13)10(16)6-8/h4-6,16H,3,7H2,1-2H3,(H,14,17). The largest absolute Gasteiger partial charge is 0.507 e. The number of phenols is 1. The summed E-state index contributed by atoms with van der Waals surface area (Å²) in [7, 11) is 1.55. The molecule has 0 spiro atoms. The highest BCUT2D eigenvalue weighted by Crippen LogP contribution is 2.21. The quantitative estimate of drug-likeness (QED) is 0.791. The summed E-state index contributed by atoms with van der Waals surface area (Å²) in [5.74, 6) is -0.441. The Kier molecular flexibility index (Phi) is 5.39. The van der Waals surface area contributed by atoms with Gasteiger partial charge in [0.15, 0.2) is 0 Å². The monoisotopic (exact) mass is 362 g/mol. The number of carbonyl (C=O) groups excluding carboxylic acids is 2. The highest BCUT2D eigenvalue weighted by molar-refractivity contribution is 14.1. The van der Waals surface area contributed by atoms with Crippen LogP contribution in [0.5, 0.6) is 5.75 Å². The molecule has 6 heteroatoms. The summed E-state index contributed by atoms with van der Waals surface area (Å²) in [5, 5.41) is 12.2. The van der Waals surface area contributed by atoms with Gasteiger partial charge in [-0.2, -0.15) is 0 Å². The molecule has 2 amide bonds. The van der Waals surface area contributed by atoms with E-state index in [0.717, 1.165) is 0 Å². The van der Waals surface area contributed by atoms with Gasteiger partial charge in [-0.25, -0.2) is 0 Å². The minimum atomic E-state index is -0.298. The van der Waals surface area contributed by atoms with Crippen LogP contribution in [-0.2, 0) is 4.79 Å². The van der Waals surface area contributed by atoms with Crippen LogP contribution in [0.2, 0.25) is 0 Å². The van der Waals surface area contributed by atoms with Gasteiger partial charge >= 0.3 is 0 Å². The van der Waals surface area contributed by atoms with Crippen LogP contribution in [0.15, 0.2) is 18.2 Å². The molecule has 98 valence electrons. The topological polar surface area (TPSA) is 69.6 Å². The number of amides is 2. The molecule has 1 aromatic rings. The summed E-state index contributed by atoms with van der Waals surface area (Å²) in [6.45, 7) is 2.35. The average Bonchev–Trinajstić information content (AvgIpc) is 2.32. The van der Waals surface area contributed by atoms with Crippen molar-refractivity contribution in [3.8, 4) is 5.75 Å². The summed E-state index contributed by atoms with van der Waals surface area (Å²) in [4.78, 5) is 24.6. The normalized spacial score (nSPS) is 9.94. The van der Waals surface area contributed by atoms with Gasteiger partial charge in [0.1, 0.15) is 5.75 Å². The molecule has 0 aliphatic carbocycles. The van der Waals surface area contributed by atoms with Crippen LogP contribution in [0.4, 0.5) is 0 Å². The summed E-state index contributed by atoms with van der Waals surface area (Å²) >= 11 is 1.97. The van der Waals surface area contributed by atoms with E-state index in [-0.39, 0.29) is 24.1 Å². The number of halogens is 1. The van der Waals surface area contributed by atoms with Crippen LogP contribution in [0.1, 0.15) is 17.3 Å². The average molecular weight is 362 g/mol. The molecule has 0 radical (unpaired) electrons. The molecule has 18 heavy (non-hydrogen) atoms. The Labute approximate surface area is 119 Å². The highest BCUT2D eigenvalue weighted by atomic mass is 127. The number of rotatable bonds is 4. The van der Waals surface area contributed by atoms with E-state index in [2.05, 4.69) is 5.32 Å². The van der Waals surface area contributed by atoms with Crippen molar-refractivity contribution in [2.45, 2.75) is 6.92 Å². The first-order valence-electron chi connectivity index (χ1n) is 5.46. The van der Waals surface area contributed by atoms with Crippen LogP contribution in [0, 0.1) is 3.57 Å². The lowest BCUT2D eigenvalue weighted by atomic mass is 10.2. The van der Waals surface area contributed by atoms with E-state index in [9.17, 15) is 14.7 Å². The zero-order valence-corrected chi connectivity index (χ0v) is 12.4. The Hall–Kier alpha value is -1.31. The molecule has 0 atom stereocenters. The summed E-state index contributed by atoms with van der Waals surface area (Å²) < 4.78 is 0.676. The van der Waals surface area contributed by atoms with Gasteiger partial charge < -0.3 is 15.3 Å². The Morgan fingerprint density at radius 1 is 1.44 bits per heavy atom. The first-order chi connectivity index (χ1) is 8.45. The van der Waals surface area contributed by atoms with Gasteiger partial charge in [0.2, 0.25) is 5.91 Å². The van der Waals surface area contributed by atoms with E-state index in [1.807, 2.05) is 29.5 Å². The third kappa shape index (κ3) is 3.86. The maximum Gasteiger partial charge on any atom is 0.254 e. The number of carbonyl (C=O) groups is 2. The predicted octanol–water partition coefficient (Wildman–Crippen LogP) is 1.20. The number of hydrogen-bond acceptors (Lipinski definition) is 3. The fourth-order valence-corrected chi connectivity index (χ4v) is 1.74. The highest BCUT2D eigenvalue weighted by Gasteiger charge is 2.15. The number of likely N-dealkylation sites (N-methyl/N-ethyl adjacent to an activating group) is 2. The lowest BCUT2D eigenvalue weighted by Gasteiger charge is -2.16. The smallest absolute Gasteiger partial charge is 0.254 e. The number of nitrogens with zero attached hydrogens (tertiary/aromatic N) is 1. The van der Waals surface area contributed by atoms with Crippen molar-refractivity contribution < 1.29 is 14.7 Å². The third-order valence-electron chi connectivity index (χ3n) is 2.29. The van der Waals surface area contributed by atoms with Crippen LogP contribution in [0.3, 0.4) is 0 Å². The number of nitrogens with one attached hydrogen (secondary N) is 1. The Bertz CT molecular complexity index is 463. The minimum Gasteiger partial charge on any atom is -0.507 e. The summed E-state index contributed by atoms with van der Waals surface area (Å²) in [6.07, 6.45) is 0. The van der Waals surface area contributed by atoms with Gasteiger partial charge in [-0.15, -0.1) is 0 Å². The van der Waals surface area contributed by atoms with E-state index in [1.165, 1.54) is 11.0 Å². The lowest BCUT2D eigenvalue weighted by molar-refractivity contribution is -0.121. The fraction of sp³-hybridized carbons (Fsp3) is 0.333. The van der Waals surface area contributed by atoms with Crippen molar-refractivity contribution in [2.75, 3.05) is 20.1 Å².